The van der Waals surface area contributed by atoms with Gasteiger partial charge in [0.2, 0.25) is 5.91 Å². The quantitative estimate of drug-likeness (QED) is 0.351. The van der Waals surface area contributed by atoms with E-state index in [0.717, 1.165) is 51.4 Å². The molecule has 39 heavy (non-hydrogen) atoms. The molecule has 1 aliphatic heterocycles. The van der Waals surface area contributed by atoms with Crippen LogP contribution < -0.4 is 10.5 Å². The van der Waals surface area contributed by atoms with Crippen LogP contribution in [0.1, 0.15) is 56.0 Å². The fourth-order valence-electron chi connectivity index (χ4n) is 5.51. The Morgan fingerprint density at radius 2 is 1.77 bits per heavy atom. The zero-order valence-electron chi connectivity index (χ0n) is 21.8. The number of fused-ring (bicyclic) bond motifs is 1. The Morgan fingerprint density at radius 3 is 2.49 bits per heavy atom. The molecule has 9 nitrogen and oxygen atoms in total. The first-order chi connectivity index (χ1) is 19.0. The maximum Gasteiger partial charge on any atom is 0.241 e. The van der Waals surface area contributed by atoms with E-state index in [1.165, 1.54) is 18.4 Å². The number of imidazole rings is 1. The molecule has 0 saturated heterocycles. The number of nitrogens with zero attached hydrogens (tertiary/aromatic N) is 7. The third-order valence-corrected chi connectivity index (χ3v) is 7.62. The molecule has 0 atom stereocenters. The van der Waals surface area contributed by atoms with Gasteiger partial charge in [0.1, 0.15) is 5.82 Å². The van der Waals surface area contributed by atoms with Crippen molar-refractivity contribution >= 4 is 22.7 Å². The fraction of sp³-hybridized carbons (Fsp3) is 0.267. The van der Waals surface area contributed by atoms with E-state index in [1.807, 2.05) is 18.2 Å². The lowest BCUT2D eigenvalue weighted by atomic mass is 9.79. The van der Waals surface area contributed by atoms with Crippen molar-refractivity contribution in [2.45, 2.75) is 45.6 Å². The molecule has 2 aromatic heterocycles. The standard InChI is InChI=1S/C30H28N8O/c1-30(2)16-26(39)32-33-27(30)21-13-14-24-25(15-21)38(29(31-24)20-11-12-20)17-18-7-9-19(10-8-18)22-5-3-4-6-23(22)28-34-36-37-35-28/h3-10,13-15,20H,11-12,16-17H2,1-2H3,(H2,32,34,35,36,37,39)/p-1. The average Bonchev–Trinajstić information content (AvgIpc) is 3.50. The second-order valence-electron chi connectivity index (χ2n) is 11.0. The second kappa shape index (κ2) is 8.97. The number of hydrogen-bond acceptors (Lipinski definition) is 6. The lowest BCUT2D eigenvalue weighted by Crippen LogP contribution is -2.39. The Morgan fingerprint density at radius 1 is 1.00 bits per heavy atom. The van der Waals surface area contributed by atoms with E-state index in [9.17, 15) is 4.79 Å². The highest BCUT2D eigenvalue weighted by molar-refractivity contribution is 6.09. The highest BCUT2D eigenvalue weighted by Crippen LogP contribution is 2.41. The first-order valence-corrected chi connectivity index (χ1v) is 13.2. The van der Waals surface area contributed by atoms with Crippen molar-refractivity contribution in [2.24, 2.45) is 10.5 Å². The van der Waals surface area contributed by atoms with Crippen LogP contribution in [0.4, 0.5) is 0 Å². The van der Waals surface area contributed by atoms with Gasteiger partial charge in [0.15, 0.2) is 0 Å². The van der Waals surface area contributed by atoms with Crippen molar-refractivity contribution in [2.75, 3.05) is 0 Å². The monoisotopic (exact) mass is 515 g/mol. The van der Waals surface area contributed by atoms with E-state index >= 15 is 0 Å². The Kier molecular flexibility index (Phi) is 5.40. The first-order valence-electron chi connectivity index (χ1n) is 13.2. The lowest BCUT2D eigenvalue weighted by molar-refractivity contribution is -0.122. The molecule has 1 amide bonds. The topological polar surface area (TPSA) is 112 Å². The van der Waals surface area contributed by atoms with Gasteiger partial charge in [-0.15, -0.1) is 0 Å². The van der Waals surface area contributed by atoms with Gasteiger partial charge in [0, 0.05) is 35.7 Å². The second-order valence-corrected chi connectivity index (χ2v) is 11.0. The maximum absolute atomic E-state index is 12.0. The Hall–Kier alpha value is -4.66. The molecule has 1 aliphatic carbocycles. The predicted molar refractivity (Wildman–Crippen MR) is 148 cm³/mol. The third-order valence-electron chi connectivity index (χ3n) is 7.62. The molecule has 2 aliphatic rings. The normalized spacial score (nSPS) is 16.8. The van der Waals surface area contributed by atoms with Gasteiger partial charge in [-0.2, -0.15) is 10.3 Å². The number of carbonyl (C=O) groups is 1. The van der Waals surface area contributed by atoms with Crippen molar-refractivity contribution in [3.05, 3.63) is 83.7 Å². The van der Waals surface area contributed by atoms with E-state index in [1.54, 1.807) is 0 Å². The molecule has 0 spiro atoms. The molecule has 1 fully saturated rings. The van der Waals surface area contributed by atoms with E-state index in [0.29, 0.717) is 18.2 Å². The van der Waals surface area contributed by atoms with Crippen molar-refractivity contribution in [1.29, 1.82) is 0 Å². The van der Waals surface area contributed by atoms with Crippen molar-refractivity contribution in [3.63, 3.8) is 0 Å². The van der Waals surface area contributed by atoms with Gasteiger partial charge in [-0.05, 0) is 47.2 Å². The van der Waals surface area contributed by atoms with Gasteiger partial charge in [-0.3, -0.25) is 15.1 Å². The SMILES string of the molecule is CC1(C)CC(=O)NN=C1c1ccc2nc(C3CC3)n(Cc3ccc(-c4ccccc4-c4nnn[n-]4)cc3)c2c1. The fourth-order valence-corrected chi connectivity index (χ4v) is 5.51. The van der Waals surface area contributed by atoms with Crippen LogP contribution >= 0.6 is 0 Å². The molecule has 0 radical (unpaired) electrons. The van der Waals surface area contributed by atoms with E-state index in [-0.39, 0.29) is 11.3 Å². The summed E-state index contributed by atoms with van der Waals surface area (Å²) in [4.78, 5) is 17.0. The molecule has 3 heterocycles. The van der Waals surface area contributed by atoms with Gasteiger partial charge in [0.25, 0.3) is 0 Å². The van der Waals surface area contributed by atoms with E-state index in [4.69, 9.17) is 4.98 Å². The van der Waals surface area contributed by atoms with Crippen molar-refractivity contribution in [3.8, 4) is 22.5 Å². The Labute approximate surface area is 225 Å². The summed E-state index contributed by atoms with van der Waals surface area (Å²) in [5, 5.41) is 19.8. The van der Waals surface area contributed by atoms with Crippen molar-refractivity contribution in [1.82, 2.24) is 35.6 Å². The number of aromatic nitrogens is 6. The molecule has 0 bridgehead atoms. The number of nitrogens with one attached hydrogen (secondary N) is 1. The molecule has 0 unspecified atom stereocenters. The zero-order chi connectivity index (χ0) is 26.6. The van der Waals surface area contributed by atoms with Crippen LogP contribution in [0.5, 0.6) is 0 Å². The molecule has 7 rings (SSSR count). The summed E-state index contributed by atoms with van der Waals surface area (Å²) >= 11 is 0. The van der Waals surface area contributed by atoms with E-state index < -0.39 is 0 Å². The number of carbonyl (C=O) groups excluding carboxylic acids is 1. The van der Waals surface area contributed by atoms with Crippen LogP contribution in [-0.2, 0) is 11.3 Å². The number of amides is 1. The van der Waals surface area contributed by atoms with Gasteiger partial charge in [-0.25, -0.2) is 10.4 Å². The van der Waals surface area contributed by atoms with Crippen LogP contribution in [0.3, 0.4) is 0 Å². The van der Waals surface area contributed by atoms with Crippen LogP contribution in [-0.4, -0.2) is 36.7 Å². The van der Waals surface area contributed by atoms with Crippen LogP contribution in [0.25, 0.3) is 33.5 Å². The lowest BCUT2D eigenvalue weighted by Gasteiger charge is -2.29. The van der Waals surface area contributed by atoms with Gasteiger partial charge in [0.05, 0.1) is 16.7 Å². The summed E-state index contributed by atoms with van der Waals surface area (Å²) in [6.45, 7) is 4.86. The molecular formula is C30H27N8O-. The molecule has 1 N–H and O–H groups in total. The average molecular weight is 516 g/mol. The summed E-state index contributed by atoms with van der Waals surface area (Å²) in [5.41, 5.74) is 10.5. The number of benzene rings is 3. The van der Waals surface area contributed by atoms with Gasteiger partial charge >= 0.3 is 0 Å². The molecule has 5 aromatic rings. The number of tetrazole rings is 1. The van der Waals surface area contributed by atoms with Crippen LogP contribution in [0, 0.1) is 5.41 Å². The zero-order valence-corrected chi connectivity index (χ0v) is 21.8. The molecular weight excluding hydrogens is 488 g/mol. The Balaban J connectivity index is 1.24. The van der Waals surface area contributed by atoms with Crippen LogP contribution in [0.2, 0.25) is 0 Å². The number of rotatable bonds is 6. The molecule has 3 aromatic carbocycles. The highest BCUT2D eigenvalue weighted by atomic mass is 16.2. The summed E-state index contributed by atoms with van der Waals surface area (Å²) in [5.74, 6) is 2.12. The largest absolute Gasteiger partial charge is 0.330 e. The minimum absolute atomic E-state index is 0.0485. The number of hydrazone groups is 1. The molecule has 1 saturated carbocycles. The maximum atomic E-state index is 12.0. The third kappa shape index (κ3) is 4.29. The van der Waals surface area contributed by atoms with Gasteiger partial charge in [-0.1, -0.05) is 68.4 Å². The van der Waals surface area contributed by atoms with Crippen LogP contribution in [0.15, 0.2) is 71.8 Å². The van der Waals surface area contributed by atoms with Crippen molar-refractivity contribution < 1.29 is 4.79 Å². The molecule has 9 heteroatoms. The highest BCUT2D eigenvalue weighted by Gasteiger charge is 2.34. The summed E-state index contributed by atoms with van der Waals surface area (Å²) < 4.78 is 2.35. The predicted octanol–water partition coefficient (Wildman–Crippen LogP) is 4.69. The molecule has 194 valence electrons. The minimum Gasteiger partial charge on any atom is -0.330 e. The Bertz CT molecular complexity index is 1730. The summed E-state index contributed by atoms with van der Waals surface area (Å²) in [7, 11) is 0. The number of hydrogen-bond donors (Lipinski definition) is 1. The van der Waals surface area contributed by atoms with Gasteiger partial charge < -0.3 is 9.67 Å². The smallest absolute Gasteiger partial charge is 0.241 e. The first kappa shape index (κ1) is 23.5. The summed E-state index contributed by atoms with van der Waals surface area (Å²) in [6.07, 6.45) is 2.76. The van der Waals surface area contributed by atoms with E-state index in [2.05, 4.69) is 98.1 Å². The summed E-state index contributed by atoms with van der Waals surface area (Å²) in [6, 6.07) is 23.0. The minimum atomic E-state index is -0.341.